The summed E-state index contributed by atoms with van der Waals surface area (Å²) in [5.41, 5.74) is 1.76. The first-order chi connectivity index (χ1) is 12.7. The number of anilines is 1. The second kappa shape index (κ2) is 6.92. The van der Waals surface area contributed by atoms with Crippen LogP contribution in [0.5, 0.6) is 0 Å². The van der Waals surface area contributed by atoms with Crippen LogP contribution in [0.15, 0.2) is 22.0 Å². The predicted molar refractivity (Wildman–Crippen MR) is 99.9 cm³/mol. The van der Waals surface area contributed by atoms with Gasteiger partial charge in [0.2, 0.25) is 5.43 Å². The molecule has 0 aliphatic carbocycles. The summed E-state index contributed by atoms with van der Waals surface area (Å²) in [4.78, 5) is 27.3. The van der Waals surface area contributed by atoms with Crippen molar-refractivity contribution in [3.8, 4) is 0 Å². The quantitative estimate of drug-likeness (QED) is 0.824. The van der Waals surface area contributed by atoms with Gasteiger partial charge in [0.1, 0.15) is 12.2 Å². The van der Waals surface area contributed by atoms with E-state index in [9.17, 15) is 14.0 Å². The number of rotatable bonds is 4. The molecule has 3 heterocycles. The third-order valence-electron chi connectivity index (χ3n) is 4.83. The molecule has 0 saturated carbocycles. The number of nitrogens with one attached hydrogen (secondary N) is 1. The lowest BCUT2D eigenvalue weighted by atomic mass is 10.0. The van der Waals surface area contributed by atoms with E-state index in [2.05, 4.69) is 10.2 Å². The van der Waals surface area contributed by atoms with Crippen molar-refractivity contribution in [1.82, 2.24) is 9.88 Å². The number of nitrogens with zero attached hydrogens (tertiary/aromatic N) is 2. The number of esters is 1. The lowest BCUT2D eigenvalue weighted by Crippen LogP contribution is -2.44. The predicted octanol–water partition coefficient (Wildman–Crippen LogP) is 2.12. The lowest BCUT2D eigenvalue weighted by molar-refractivity contribution is 0.0518. The van der Waals surface area contributed by atoms with Gasteiger partial charge in [-0.1, -0.05) is 11.8 Å². The van der Waals surface area contributed by atoms with Crippen LogP contribution < -0.4 is 15.6 Å². The maximum absolute atomic E-state index is 13.7. The third-order valence-corrected chi connectivity index (χ3v) is 5.92. The standard InChI is InChI=1S/C18H20FN3O3S/c1-2-25-18(24)15-16(23)12-7-11(9-19)13(21-5-3-20-4-6-21)8-14(12)22-10-26-17(15)22/h7-8,20H,2-6,9-10H2,1H3. The van der Waals surface area contributed by atoms with Gasteiger partial charge in [-0.05, 0) is 19.1 Å². The molecule has 0 amide bonds. The van der Waals surface area contributed by atoms with Crippen molar-refractivity contribution in [2.75, 3.05) is 37.7 Å². The van der Waals surface area contributed by atoms with Crippen molar-refractivity contribution in [3.05, 3.63) is 33.5 Å². The average Bonchev–Trinajstić information content (AvgIpc) is 2.64. The van der Waals surface area contributed by atoms with Crippen molar-refractivity contribution in [2.24, 2.45) is 0 Å². The van der Waals surface area contributed by atoms with Gasteiger partial charge in [-0.2, -0.15) is 0 Å². The SMILES string of the molecule is CCOC(=O)c1c2n(c3cc(N4CCNCC4)c(CF)cc3c1=O)CS2. The molecular formula is C18H20FN3O3S. The molecular weight excluding hydrogens is 357 g/mol. The summed E-state index contributed by atoms with van der Waals surface area (Å²) < 4.78 is 20.7. The Morgan fingerprint density at radius 3 is 2.73 bits per heavy atom. The van der Waals surface area contributed by atoms with E-state index in [4.69, 9.17) is 4.74 Å². The number of benzene rings is 1. The second-order valence-electron chi connectivity index (χ2n) is 6.30. The number of piperazine rings is 1. The topological polar surface area (TPSA) is 63.6 Å². The number of thioether (sulfide) groups is 1. The van der Waals surface area contributed by atoms with Crippen LogP contribution in [0.4, 0.5) is 10.1 Å². The molecule has 1 fully saturated rings. The van der Waals surface area contributed by atoms with Gasteiger partial charge in [0.25, 0.3) is 0 Å². The highest BCUT2D eigenvalue weighted by molar-refractivity contribution is 7.99. The Morgan fingerprint density at radius 2 is 2.12 bits per heavy atom. The Morgan fingerprint density at radius 1 is 1.35 bits per heavy atom. The molecule has 26 heavy (non-hydrogen) atoms. The molecule has 0 radical (unpaired) electrons. The zero-order valence-corrected chi connectivity index (χ0v) is 15.3. The fraction of sp³-hybridized carbons (Fsp3) is 0.444. The molecule has 0 unspecified atom stereocenters. The van der Waals surface area contributed by atoms with Crippen LogP contribution in [0.25, 0.3) is 10.9 Å². The lowest BCUT2D eigenvalue weighted by Gasteiger charge is -2.32. The smallest absolute Gasteiger partial charge is 0.344 e. The number of pyridine rings is 1. The summed E-state index contributed by atoms with van der Waals surface area (Å²) >= 11 is 1.46. The number of ether oxygens (including phenoxy) is 1. The highest BCUT2D eigenvalue weighted by atomic mass is 32.2. The fourth-order valence-corrected chi connectivity index (χ4v) is 4.47. The monoisotopic (exact) mass is 377 g/mol. The molecule has 2 aliphatic heterocycles. The highest BCUT2D eigenvalue weighted by Crippen LogP contribution is 2.38. The van der Waals surface area contributed by atoms with Crippen molar-refractivity contribution in [1.29, 1.82) is 0 Å². The molecule has 2 aromatic rings. The molecule has 138 valence electrons. The van der Waals surface area contributed by atoms with Crippen molar-refractivity contribution in [2.45, 2.75) is 24.5 Å². The third kappa shape index (κ3) is 2.68. The summed E-state index contributed by atoms with van der Waals surface area (Å²) in [7, 11) is 0. The number of fused-ring (bicyclic) bond motifs is 3. The van der Waals surface area contributed by atoms with Crippen molar-refractivity contribution >= 4 is 34.3 Å². The largest absolute Gasteiger partial charge is 0.462 e. The first-order valence-corrected chi connectivity index (χ1v) is 9.69. The molecule has 0 spiro atoms. The molecule has 4 rings (SSSR count). The minimum Gasteiger partial charge on any atom is -0.462 e. The molecule has 1 aromatic carbocycles. The van der Waals surface area contributed by atoms with E-state index in [1.807, 2.05) is 10.6 Å². The van der Waals surface area contributed by atoms with E-state index in [0.29, 0.717) is 21.9 Å². The first kappa shape index (κ1) is 17.4. The first-order valence-electron chi connectivity index (χ1n) is 8.70. The van der Waals surface area contributed by atoms with Gasteiger partial charge in [-0.15, -0.1) is 0 Å². The highest BCUT2D eigenvalue weighted by Gasteiger charge is 2.29. The molecule has 1 N–H and O–H groups in total. The molecule has 1 saturated heterocycles. The maximum Gasteiger partial charge on any atom is 0.344 e. The van der Waals surface area contributed by atoms with Crippen molar-refractivity contribution < 1.29 is 13.9 Å². The molecule has 0 atom stereocenters. The number of carbonyl (C=O) groups is 1. The van der Waals surface area contributed by atoms with Crippen molar-refractivity contribution in [3.63, 3.8) is 0 Å². The van der Waals surface area contributed by atoms with Crippen LogP contribution in [0.1, 0.15) is 22.8 Å². The van der Waals surface area contributed by atoms with Gasteiger partial charge in [0.05, 0.1) is 23.0 Å². The Balaban J connectivity index is 1.92. The second-order valence-corrected chi connectivity index (χ2v) is 7.23. The molecule has 8 heteroatoms. The minimum absolute atomic E-state index is 0.0651. The van der Waals surface area contributed by atoms with Crippen LogP contribution >= 0.6 is 11.8 Å². The summed E-state index contributed by atoms with van der Waals surface area (Å²) in [6, 6.07) is 3.50. The van der Waals surface area contributed by atoms with E-state index in [1.54, 1.807) is 13.0 Å². The summed E-state index contributed by atoms with van der Waals surface area (Å²) in [6.45, 7) is 4.55. The molecule has 1 aromatic heterocycles. The maximum atomic E-state index is 13.7. The van der Waals surface area contributed by atoms with Crippen LogP contribution in [0, 0.1) is 0 Å². The van der Waals surface area contributed by atoms with Gasteiger partial charge >= 0.3 is 5.97 Å². The number of aromatic nitrogens is 1. The van der Waals surface area contributed by atoms with Gasteiger partial charge in [-0.3, -0.25) is 4.79 Å². The van der Waals surface area contributed by atoms with E-state index in [0.717, 1.165) is 37.4 Å². The number of hydrogen-bond donors (Lipinski definition) is 1. The fourth-order valence-electron chi connectivity index (χ4n) is 3.53. The number of alkyl halides is 1. The van der Waals surface area contributed by atoms with Crippen LogP contribution in [0.3, 0.4) is 0 Å². The van der Waals surface area contributed by atoms with Gasteiger partial charge < -0.3 is 19.5 Å². The molecule has 6 nitrogen and oxygen atoms in total. The van der Waals surface area contributed by atoms with Crippen LogP contribution in [-0.2, 0) is 17.3 Å². The summed E-state index contributed by atoms with van der Waals surface area (Å²) in [6.07, 6.45) is 0. The Hall–Kier alpha value is -2.06. The summed E-state index contributed by atoms with van der Waals surface area (Å²) in [5, 5.41) is 4.30. The number of halogens is 1. The van der Waals surface area contributed by atoms with Gasteiger partial charge in [0, 0.05) is 42.8 Å². The van der Waals surface area contributed by atoms with E-state index >= 15 is 0 Å². The number of carbonyl (C=O) groups excluding carboxylic acids is 1. The Kier molecular flexibility index (Phi) is 4.62. The zero-order valence-electron chi connectivity index (χ0n) is 14.5. The number of hydrogen-bond acceptors (Lipinski definition) is 6. The summed E-state index contributed by atoms with van der Waals surface area (Å²) in [5.74, 6) is 0.0532. The molecule has 2 aliphatic rings. The van der Waals surface area contributed by atoms with Crippen LogP contribution in [-0.4, -0.2) is 43.3 Å². The zero-order chi connectivity index (χ0) is 18.3. The minimum atomic E-state index is -0.653. The Labute approximate surface area is 154 Å². The van der Waals surface area contributed by atoms with Gasteiger partial charge in [0.15, 0.2) is 0 Å². The normalized spacial score (nSPS) is 16.3. The Bertz CT molecular complexity index is 938. The van der Waals surface area contributed by atoms with E-state index < -0.39 is 12.6 Å². The van der Waals surface area contributed by atoms with Gasteiger partial charge in [-0.25, -0.2) is 9.18 Å². The van der Waals surface area contributed by atoms with Crippen LogP contribution in [0.2, 0.25) is 0 Å². The van der Waals surface area contributed by atoms with E-state index in [-0.39, 0.29) is 17.6 Å². The average molecular weight is 377 g/mol. The van der Waals surface area contributed by atoms with E-state index in [1.165, 1.54) is 11.8 Å². The molecule has 0 bridgehead atoms.